The molecule has 2 fully saturated rings. The number of nitrogens with one attached hydrogen (secondary N) is 2. The number of hydrogen-bond acceptors (Lipinski definition) is 6. The molecule has 9 nitrogen and oxygen atoms in total. The van der Waals surface area contributed by atoms with Crippen LogP contribution in [0, 0.1) is 0 Å². The summed E-state index contributed by atoms with van der Waals surface area (Å²) in [5, 5.41) is 10.1. The Bertz CT molecular complexity index is 1080. The molecule has 10 heteroatoms. The Labute approximate surface area is 169 Å². The second-order valence-electron chi connectivity index (χ2n) is 7.29. The van der Waals surface area contributed by atoms with Crippen LogP contribution in [0.5, 0.6) is 0 Å². The minimum absolute atomic E-state index is 0.309. The van der Waals surface area contributed by atoms with E-state index in [0.717, 1.165) is 29.0 Å². The van der Waals surface area contributed by atoms with E-state index in [1.54, 1.807) is 10.7 Å². The van der Waals surface area contributed by atoms with Gasteiger partial charge in [0.2, 0.25) is 16.0 Å². The summed E-state index contributed by atoms with van der Waals surface area (Å²) in [6, 6.07) is 9.23. The van der Waals surface area contributed by atoms with Crippen molar-refractivity contribution in [2.45, 2.75) is 31.2 Å². The lowest BCUT2D eigenvalue weighted by Gasteiger charge is -2.19. The van der Waals surface area contributed by atoms with Gasteiger partial charge in [-0.25, -0.2) is 14.3 Å². The first-order chi connectivity index (χ1) is 14.0. The zero-order valence-corrected chi connectivity index (χ0v) is 16.2. The molecule has 1 aromatic carbocycles. The first-order valence-electron chi connectivity index (χ1n) is 9.40. The van der Waals surface area contributed by atoms with E-state index in [0.29, 0.717) is 22.9 Å². The van der Waals surface area contributed by atoms with Gasteiger partial charge in [0.25, 0.3) is 5.91 Å². The summed E-state index contributed by atoms with van der Waals surface area (Å²) in [6.45, 7) is -0.330. The van der Waals surface area contributed by atoms with Gasteiger partial charge in [-0.3, -0.25) is 19.8 Å². The SMILES string of the molecule is O=C(CN1C(=O)NC2(CCCC2)C1=O)Nc1nn2cc(-c3ccccc3)nc2s1. The van der Waals surface area contributed by atoms with Crippen LogP contribution in [0.4, 0.5) is 9.93 Å². The Balaban J connectivity index is 1.27. The summed E-state index contributed by atoms with van der Waals surface area (Å²) >= 11 is 1.22. The number of imide groups is 1. The maximum atomic E-state index is 12.6. The van der Waals surface area contributed by atoms with Crippen LogP contribution in [0.3, 0.4) is 0 Å². The molecular formula is C19H18N6O3S. The molecule has 0 unspecified atom stereocenters. The predicted molar refractivity (Wildman–Crippen MR) is 106 cm³/mol. The maximum Gasteiger partial charge on any atom is 0.325 e. The van der Waals surface area contributed by atoms with Gasteiger partial charge in [-0.1, -0.05) is 54.5 Å². The molecule has 2 aromatic heterocycles. The quantitative estimate of drug-likeness (QED) is 0.642. The van der Waals surface area contributed by atoms with Gasteiger partial charge in [0.1, 0.15) is 12.1 Å². The molecule has 148 valence electrons. The summed E-state index contributed by atoms with van der Waals surface area (Å²) in [7, 11) is 0. The fourth-order valence-corrected chi connectivity index (χ4v) is 4.74. The number of amides is 4. The molecule has 2 aliphatic rings. The summed E-state index contributed by atoms with van der Waals surface area (Å²) in [5.41, 5.74) is 0.964. The highest BCUT2D eigenvalue weighted by Gasteiger charge is 2.52. The molecule has 0 radical (unpaired) electrons. The van der Waals surface area contributed by atoms with Crippen molar-refractivity contribution in [1.82, 2.24) is 24.8 Å². The number of fused-ring (bicyclic) bond motifs is 1. The van der Waals surface area contributed by atoms with Crippen LogP contribution < -0.4 is 10.6 Å². The van der Waals surface area contributed by atoms with Crippen molar-refractivity contribution in [2.75, 3.05) is 11.9 Å². The average Bonchev–Trinajstić information content (AvgIpc) is 3.45. The topological polar surface area (TPSA) is 109 Å². The van der Waals surface area contributed by atoms with Crippen molar-refractivity contribution in [3.05, 3.63) is 36.5 Å². The molecule has 5 rings (SSSR count). The number of urea groups is 1. The molecular weight excluding hydrogens is 392 g/mol. The van der Waals surface area contributed by atoms with Crippen LogP contribution in [0.15, 0.2) is 36.5 Å². The highest BCUT2D eigenvalue weighted by Crippen LogP contribution is 2.35. The molecule has 1 aliphatic heterocycles. The summed E-state index contributed by atoms with van der Waals surface area (Å²) < 4.78 is 1.60. The van der Waals surface area contributed by atoms with Crippen molar-refractivity contribution in [3.63, 3.8) is 0 Å². The van der Waals surface area contributed by atoms with Crippen molar-refractivity contribution < 1.29 is 14.4 Å². The van der Waals surface area contributed by atoms with E-state index in [-0.39, 0.29) is 12.5 Å². The standard InChI is InChI=1S/C19H18N6O3S/c26-14(11-24-15(27)19(22-17(24)28)8-4-5-9-19)21-16-23-25-10-13(20-18(25)29-16)12-6-2-1-3-7-12/h1-3,6-7,10H,4-5,8-9,11H2,(H,22,28)(H,21,23,26). The number of carbonyl (C=O) groups excluding carboxylic acids is 3. The van der Waals surface area contributed by atoms with Crippen LogP contribution in [0.2, 0.25) is 0 Å². The highest BCUT2D eigenvalue weighted by molar-refractivity contribution is 7.20. The van der Waals surface area contributed by atoms with Crippen molar-refractivity contribution in [3.8, 4) is 11.3 Å². The van der Waals surface area contributed by atoms with Crippen LogP contribution >= 0.6 is 11.3 Å². The van der Waals surface area contributed by atoms with E-state index >= 15 is 0 Å². The number of nitrogens with zero attached hydrogens (tertiary/aromatic N) is 4. The maximum absolute atomic E-state index is 12.6. The van der Waals surface area contributed by atoms with E-state index in [1.165, 1.54) is 11.3 Å². The van der Waals surface area contributed by atoms with E-state index in [1.807, 2.05) is 30.3 Å². The molecule has 29 heavy (non-hydrogen) atoms. The van der Waals surface area contributed by atoms with E-state index < -0.39 is 17.5 Å². The average molecular weight is 410 g/mol. The molecule has 4 amide bonds. The van der Waals surface area contributed by atoms with E-state index in [9.17, 15) is 14.4 Å². The lowest BCUT2D eigenvalue weighted by molar-refractivity contribution is -0.133. The molecule has 0 atom stereocenters. The van der Waals surface area contributed by atoms with Gasteiger partial charge in [0.15, 0.2) is 0 Å². The number of carbonyl (C=O) groups is 3. The molecule has 2 N–H and O–H groups in total. The number of rotatable bonds is 4. The smallest absolute Gasteiger partial charge is 0.323 e. The Kier molecular flexibility index (Phi) is 4.09. The molecule has 3 heterocycles. The van der Waals surface area contributed by atoms with Gasteiger partial charge in [-0.2, -0.15) is 0 Å². The van der Waals surface area contributed by atoms with Crippen LogP contribution in [-0.2, 0) is 9.59 Å². The Hall–Kier alpha value is -3.27. The van der Waals surface area contributed by atoms with Gasteiger partial charge in [0.05, 0.1) is 11.9 Å². The van der Waals surface area contributed by atoms with Crippen molar-refractivity contribution in [1.29, 1.82) is 0 Å². The normalized spacial score (nSPS) is 18.0. The van der Waals surface area contributed by atoms with Crippen LogP contribution in [0.25, 0.3) is 16.2 Å². The third kappa shape index (κ3) is 3.05. The third-order valence-electron chi connectivity index (χ3n) is 5.36. The number of aromatic nitrogens is 3. The van der Waals surface area contributed by atoms with Gasteiger partial charge in [0, 0.05) is 5.56 Å². The van der Waals surface area contributed by atoms with Gasteiger partial charge >= 0.3 is 6.03 Å². The van der Waals surface area contributed by atoms with Crippen LogP contribution in [-0.4, -0.2) is 49.4 Å². The fraction of sp³-hybridized carbons (Fsp3) is 0.316. The number of imidazole rings is 1. The number of anilines is 1. The number of hydrogen-bond donors (Lipinski definition) is 2. The highest BCUT2D eigenvalue weighted by atomic mass is 32.1. The lowest BCUT2D eigenvalue weighted by Crippen LogP contribution is -2.44. The van der Waals surface area contributed by atoms with Gasteiger partial charge in [-0.05, 0) is 12.8 Å². The lowest BCUT2D eigenvalue weighted by atomic mass is 9.98. The van der Waals surface area contributed by atoms with Crippen LogP contribution in [0.1, 0.15) is 25.7 Å². The third-order valence-corrected chi connectivity index (χ3v) is 6.20. The second kappa shape index (κ2) is 6.66. The summed E-state index contributed by atoms with van der Waals surface area (Å²) in [5.74, 6) is -0.777. The second-order valence-corrected chi connectivity index (χ2v) is 8.24. The number of benzene rings is 1. The van der Waals surface area contributed by atoms with Crippen molar-refractivity contribution >= 4 is 39.3 Å². The molecule has 1 saturated carbocycles. The van der Waals surface area contributed by atoms with E-state index in [2.05, 4.69) is 20.7 Å². The molecule has 1 spiro atoms. The fourth-order valence-electron chi connectivity index (χ4n) is 3.94. The van der Waals surface area contributed by atoms with Gasteiger partial charge < -0.3 is 5.32 Å². The predicted octanol–water partition coefficient (Wildman–Crippen LogP) is 2.26. The molecule has 1 aliphatic carbocycles. The first-order valence-corrected chi connectivity index (χ1v) is 10.2. The minimum atomic E-state index is -0.812. The molecule has 0 bridgehead atoms. The Morgan fingerprint density at radius 3 is 2.69 bits per heavy atom. The Morgan fingerprint density at radius 2 is 1.97 bits per heavy atom. The molecule has 1 saturated heterocycles. The minimum Gasteiger partial charge on any atom is -0.323 e. The zero-order valence-electron chi connectivity index (χ0n) is 15.4. The largest absolute Gasteiger partial charge is 0.325 e. The molecule has 3 aromatic rings. The van der Waals surface area contributed by atoms with Gasteiger partial charge in [-0.15, -0.1) is 5.10 Å². The first kappa shape index (κ1) is 17.8. The summed E-state index contributed by atoms with van der Waals surface area (Å²) in [4.78, 5) is 43.4. The van der Waals surface area contributed by atoms with Crippen molar-refractivity contribution in [2.24, 2.45) is 0 Å². The summed E-state index contributed by atoms with van der Waals surface area (Å²) in [6.07, 6.45) is 4.84. The monoisotopic (exact) mass is 410 g/mol. The zero-order chi connectivity index (χ0) is 20.0. The van der Waals surface area contributed by atoms with E-state index in [4.69, 9.17) is 0 Å². The Morgan fingerprint density at radius 1 is 1.21 bits per heavy atom.